The van der Waals surface area contributed by atoms with Gasteiger partial charge in [-0.3, -0.25) is 14.7 Å². The van der Waals surface area contributed by atoms with Crippen LogP contribution in [0.15, 0.2) is 36.5 Å². The van der Waals surface area contributed by atoms with E-state index in [0.717, 1.165) is 37.9 Å². The largest absolute Gasteiger partial charge is 0.340 e. The first-order valence-corrected chi connectivity index (χ1v) is 9.62. The van der Waals surface area contributed by atoms with Gasteiger partial charge >= 0.3 is 0 Å². The molecule has 1 amide bonds. The zero-order valence-corrected chi connectivity index (χ0v) is 15.7. The van der Waals surface area contributed by atoms with Gasteiger partial charge in [0.05, 0.1) is 5.56 Å². The van der Waals surface area contributed by atoms with Crippen molar-refractivity contribution in [2.45, 2.75) is 44.7 Å². The van der Waals surface area contributed by atoms with E-state index in [9.17, 15) is 4.79 Å². The zero-order chi connectivity index (χ0) is 18.1. The first-order valence-electron chi connectivity index (χ1n) is 9.62. The number of rotatable bonds is 3. The number of nitrogens with zero attached hydrogens (tertiary/aromatic N) is 3. The predicted molar refractivity (Wildman–Crippen MR) is 103 cm³/mol. The Morgan fingerprint density at radius 3 is 2.81 bits per heavy atom. The molecule has 136 valence electrons. The number of hydrogen-bond donors (Lipinski definition) is 0. The molecule has 2 heterocycles. The fourth-order valence-corrected chi connectivity index (χ4v) is 4.25. The van der Waals surface area contributed by atoms with Crippen LogP contribution in [0, 0.1) is 0 Å². The van der Waals surface area contributed by atoms with Crippen molar-refractivity contribution in [3.8, 4) is 0 Å². The lowest BCUT2D eigenvalue weighted by molar-refractivity contribution is 0.0733. The Balaban J connectivity index is 1.46. The van der Waals surface area contributed by atoms with Gasteiger partial charge in [0.15, 0.2) is 0 Å². The Morgan fingerprint density at radius 2 is 1.96 bits per heavy atom. The molecular formula is C22H27N3O. The van der Waals surface area contributed by atoms with Gasteiger partial charge in [0, 0.05) is 38.1 Å². The standard InChI is InChI=1S/C22H27N3O/c1-24-14-18-9-4-3-7-16(18)12-20(24)15-25(2)22(26)19-11-17-8-5-6-10-21(17)23-13-19/h3-4,7,9,11,13,20H,5-6,8,10,12,14-15H2,1-2H3. The van der Waals surface area contributed by atoms with E-state index >= 15 is 0 Å². The summed E-state index contributed by atoms with van der Waals surface area (Å²) in [5, 5.41) is 0. The van der Waals surface area contributed by atoms with E-state index in [2.05, 4.69) is 47.3 Å². The summed E-state index contributed by atoms with van der Waals surface area (Å²) >= 11 is 0. The molecule has 2 aromatic rings. The molecule has 1 unspecified atom stereocenters. The van der Waals surface area contributed by atoms with E-state index in [1.165, 1.54) is 35.2 Å². The first-order chi connectivity index (χ1) is 12.6. The molecule has 0 N–H and O–H groups in total. The average molecular weight is 349 g/mol. The van der Waals surface area contributed by atoms with Gasteiger partial charge in [-0.25, -0.2) is 0 Å². The maximum atomic E-state index is 12.9. The van der Waals surface area contributed by atoms with Crippen LogP contribution in [0.1, 0.15) is 45.6 Å². The van der Waals surface area contributed by atoms with Crippen LogP contribution in [-0.2, 0) is 25.8 Å². The maximum absolute atomic E-state index is 12.9. The number of aromatic nitrogens is 1. The molecule has 4 nitrogen and oxygen atoms in total. The SMILES string of the molecule is CN(CC1Cc2ccccc2CN1C)C(=O)c1cnc2c(c1)CCCC2. The van der Waals surface area contributed by atoms with Crippen LogP contribution in [0.4, 0.5) is 0 Å². The summed E-state index contributed by atoms with van der Waals surface area (Å²) in [4.78, 5) is 21.7. The van der Waals surface area contributed by atoms with Crippen molar-refractivity contribution in [1.82, 2.24) is 14.8 Å². The Labute approximate surface area is 155 Å². The van der Waals surface area contributed by atoms with Gasteiger partial charge in [0.1, 0.15) is 0 Å². The van der Waals surface area contributed by atoms with E-state index in [4.69, 9.17) is 0 Å². The quantitative estimate of drug-likeness (QED) is 0.854. The van der Waals surface area contributed by atoms with E-state index in [-0.39, 0.29) is 5.91 Å². The number of hydrogen-bond acceptors (Lipinski definition) is 3. The summed E-state index contributed by atoms with van der Waals surface area (Å²) in [5.74, 6) is 0.0816. The van der Waals surface area contributed by atoms with E-state index in [0.29, 0.717) is 6.04 Å². The lowest BCUT2D eigenvalue weighted by Crippen LogP contribution is -2.46. The number of fused-ring (bicyclic) bond motifs is 2. The molecule has 0 saturated heterocycles. The van der Waals surface area contributed by atoms with Crippen LogP contribution in [0.25, 0.3) is 0 Å². The van der Waals surface area contributed by atoms with Crippen molar-refractivity contribution in [3.63, 3.8) is 0 Å². The topological polar surface area (TPSA) is 36.4 Å². The second-order valence-corrected chi connectivity index (χ2v) is 7.76. The highest BCUT2D eigenvalue weighted by Crippen LogP contribution is 2.23. The van der Waals surface area contributed by atoms with Crippen molar-refractivity contribution < 1.29 is 4.79 Å². The minimum Gasteiger partial charge on any atom is -0.340 e. The summed E-state index contributed by atoms with van der Waals surface area (Å²) in [6, 6.07) is 11.0. The average Bonchev–Trinajstić information content (AvgIpc) is 2.67. The van der Waals surface area contributed by atoms with Gasteiger partial charge in [-0.15, -0.1) is 0 Å². The molecule has 4 heteroatoms. The number of carbonyl (C=O) groups is 1. The summed E-state index contributed by atoms with van der Waals surface area (Å²) in [6.07, 6.45) is 7.27. The monoisotopic (exact) mass is 349 g/mol. The number of amides is 1. The van der Waals surface area contributed by atoms with Gasteiger partial charge < -0.3 is 4.90 Å². The van der Waals surface area contributed by atoms with Crippen molar-refractivity contribution >= 4 is 5.91 Å². The van der Waals surface area contributed by atoms with E-state index < -0.39 is 0 Å². The zero-order valence-electron chi connectivity index (χ0n) is 15.7. The lowest BCUT2D eigenvalue weighted by Gasteiger charge is -2.36. The Morgan fingerprint density at radius 1 is 1.19 bits per heavy atom. The number of benzene rings is 1. The van der Waals surface area contributed by atoms with Crippen molar-refractivity contribution in [1.29, 1.82) is 0 Å². The van der Waals surface area contributed by atoms with Crippen molar-refractivity contribution in [2.24, 2.45) is 0 Å². The number of aryl methyl sites for hydroxylation is 2. The second kappa shape index (κ2) is 7.20. The highest BCUT2D eigenvalue weighted by atomic mass is 16.2. The molecule has 1 aliphatic carbocycles. The summed E-state index contributed by atoms with van der Waals surface area (Å²) in [6.45, 7) is 1.68. The van der Waals surface area contributed by atoms with E-state index in [1.807, 2.05) is 11.9 Å². The molecule has 1 aliphatic heterocycles. The molecule has 0 saturated carbocycles. The third-order valence-electron chi connectivity index (χ3n) is 5.86. The first kappa shape index (κ1) is 17.2. The van der Waals surface area contributed by atoms with Gasteiger partial charge in [-0.1, -0.05) is 24.3 Å². The van der Waals surface area contributed by atoms with Crippen LogP contribution in [0.3, 0.4) is 0 Å². The minimum atomic E-state index is 0.0816. The van der Waals surface area contributed by atoms with Gasteiger partial charge in [0.2, 0.25) is 0 Å². The van der Waals surface area contributed by atoms with Crippen LogP contribution < -0.4 is 0 Å². The molecular weight excluding hydrogens is 322 g/mol. The summed E-state index contributed by atoms with van der Waals surface area (Å²) < 4.78 is 0. The van der Waals surface area contributed by atoms with Crippen LogP contribution >= 0.6 is 0 Å². The summed E-state index contributed by atoms with van der Waals surface area (Å²) in [5.41, 5.74) is 5.98. The summed E-state index contributed by atoms with van der Waals surface area (Å²) in [7, 11) is 4.06. The van der Waals surface area contributed by atoms with Gasteiger partial charge in [-0.2, -0.15) is 0 Å². The minimum absolute atomic E-state index is 0.0816. The lowest BCUT2D eigenvalue weighted by atomic mass is 9.94. The smallest absolute Gasteiger partial charge is 0.255 e. The number of pyridine rings is 1. The molecule has 0 fully saturated rings. The van der Waals surface area contributed by atoms with Crippen LogP contribution in [-0.4, -0.2) is 47.4 Å². The predicted octanol–water partition coefficient (Wildman–Crippen LogP) is 3.09. The highest BCUT2D eigenvalue weighted by molar-refractivity contribution is 5.94. The van der Waals surface area contributed by atoms with Gasteiger partial charge in [-0.05, 0) is 61.9 Å². The molecule has 2 aliphatic rings. The third kappa shape index (κ3) is 3.38. The molecule has 1 aromatic heterocycles. The highest BCUT2D eigenvalue weighted by Gasteiger charge is 2.26. The molecule has 0 radical (unpaired) electrons. The van der Waals surface area contributed by atoms with Crippen LogP contribution in [0.5, 0.6) is 0 Å². The number of carbonyl (C=O) groups excluding carboxylic acids is 1. The van der Waals surface area contributed by atoms with Crippen molar-refractivity contribution in [3.05, 3.63) is 64.5 Å². The third-order valence-corrected chi connectivity index (χ3v) is 5.86. The van der Waals surface area contributed by atoms with Crippen molar-refractivity contribution in [2.75, 3.05) is 20.6 Å². The molecule has 26 heavy (non-hydrogen) atoms. The molecule has 4 rings (SSSR count). The second-order valence-electron chi connectivity index (χ2n) is 7.76. The molecule has 1 atom stereocenters. The molecule has 0 spiro atoms. The number of likely N-dealkylation sites (N-methyl/N-ethyl adjacent to an activating group) is 2. The Bertz CT molecular complexity index is 817. The fourth-order valence-electron chi connectivity index (χ4n) is 4.25. The molecule has 0 bridgehead atoms. The fraction of sp³-hybridized carbons (Fsp3) is 0.455. The van der Waals surface area contributed by atoms with Crippen LogP contribution in [0.2, 0.25) is 0 Å². The van der Waals surface area contributed by atoms with Gasteiger partial charge in [0.25, 0.3) is 5.91 Å². The Hall–Kier alpha value is -2.20. The maximum Gasteiger partial charge on any atom is 0.255 e. The molecule has 1 aromatic carbocycles. The van der Waals surface area contributed by atoms with E-state index in [1.54, 1.807) is 6.20 Å². The Kier molecular flexibility index (Phi) is 4.77. The normalized spacial score (nSPS) is 19.5.